The minimum Gasteiger partial charge on any atom is -0.508 e. The third-order valence-corrected chi connectivity index (χ3v) is 6.73. The van der Waals surface area contributed by atoms with Gasteiger partial charge in [-0.2, -0.15) is 0 Å². The molecule has 0 saturated carbocycles. The number of hydrogen-bond acceptors (Lipinski definition) is 6. The maximum absolute atomic E-state index is 14.1. The summed E-state index contributed by atoms with van der Waals surface area (Å²) in [4.78, 5) is 31.9. The number of phenols is 1. The molecule has 0 bridgehead atoms. The van der Waals surface area contributed by atoms with Crippen molar-refractivity contribution in [3.63, 3.8) is 0 Å². The molecule has 1 amide bonds. The highest BCUT2D eigenvalue weighted by atomic mass is 19.1. The Bertz CT molecular complexity index is 1270. The quantitative estimate of drug-likeness (QED) is 0.617. The normalized spacial score (nSPS) is 17.8. The molecule has 1 N–H and O–H groups in total. The van der Waals surface area contributed by atoms with Crippen molar-refractivity contribution < 1.29 is 18.7 Å². The van der Waals surface area contributed by atoms with E-state index in [0.29, 0.717) is 55.8 Å². The zero-order valence-electron chi connectivity index (χ0n) is 18.5. The van der Waals surface area contributed by atoms with Gasteiger partial charge >= 0.3 is 5.63 Å². The maximum atomic E-state index is 14.1. The van der Waals surface area contributed by atoms with Crippen molar-refractivity contribution in [3.05, 3.63) is 64.3 Å². The molecule has 0 aliphatic carbocycles. The summed E-state index contributed by atoms with van der Waals surface area (Å²) in [6.45, 7) is 4.75. The molecule has 2 aromatic carbocycles. The lowest BCUT2D eigenvalue weighted by Gasteiger charge is -2.40. The van der Waals surface area contributed by atoms with Crippen LogP contribution >= 0.6 is 0 Å². The number of phenolic OH excluding ortho intramolecular Hbond substituents is 1. The molecule has 33 heavy (non-hydrogen) atoms. The summed E-state index contributed by atoms with van der Waals surface area (Å²) < 4.78 is 19.6. The standard InChI is InChI=1S/C25H26FN3O4/c1-16(27-11-13-28(14-12-27)21-7-3-2-6-20(21)26)24(31)29-10-4-5-18-19-15-17(30)8-9-22(19)33-25(32)23(18)29/h2-3,6-9,15-16,30H,4-5,10-14H2,1H3/t16-/m1/s1. The van der Waals surface area contributed by atoms with Gasteiger partial charge in [0.1, 0.15) is 22.8 Å². The molecular weight excluding hydrogens is 425 g/mol. The van der Waals surface area contributed by atoms with E-state index in [1.807, 2.05) is 17.9 Å². The topological polar surface area (TPSA) is 77.2 Å². The molecule has 0 unspecified atom stereocenters. The Hall–Kier alpha value is -3.39. The van der Waals surface area contributed by atoms with Gasteiger partial charge in [0.05, 0.1) is 11.7 Å². The predicted octanol–water partition coefficient (Wildman–Crippen LogP) is 3.13. The molecule has 8 heteroatoms. The van der Waals surface area contributed by atoms with Crippen LogP contribution < -0.4 is 15.4 Å². The Kier molecular flexibility index (Phi) is 5.54. The number of benzene rings is 2. The Balaban J connectivity index is 1.37. The third kappa shape index (κ3) is 3.84. The number of halogens is 1. The van der Waals surface area contributed by atoms with Crippen molar-refractivity contribution in [2.24, 2.45) is 0 Å². The number of hydrogen-bond donors (Lipinski definition) is 1. The van der Waals surface area contributed by atoms with Crippen molar-refractivity contribution >= 4 is 28.3 Å². The van der Waals surface area contributed by atoms with Crippen LogP contribution in [-0.2, 0) is 11.2 Å². The average molecular weight is 451 g/mol. The summed E-state index contributed by atoms with van der Waals surface area (Å²) in [7, 11) is 0. The number of rotatable bonds is 3. The smallest absolute Gasteiger partial charge is 0.360 e. The van der Waals surface area contributed by atoms with Gasteiger partial charge in [-0.1, -0.05) is 12.1 Å². The summed E-state index contributed by atoms with van der Waals surface area (Å²) >= 11 is 0. The molecule has 3 aromatic rings. The van der Waals surface area contributed by atoms with E-state index in [9.17, 15) is 19.1 Å². The van der Waals surface area contributed by atoms with Crippen molar-refractivity contribution in [2.45, 2.75) is 25.8 Å². The predicted molar refractivity (Wildman–Crippen MR) is 124 cm³/mol. The van der Waals surface area contributed by atoms with Gasteiger partial charge in [0.15, 0.2) is 0 Å². The van der Waals surface area contributed by atoms with Crippen LogP contribution in [0.1, 0.15) is 18.9 Å². The maximum Gasteiger partial charge on any atom is 0.360 e. The van der Waals surface area contributed by atoms with Gasteiger partial charge in [-0.15, -0.1) is 0 Å². The van der Waals surface area contributed by atoms with Gasteiger partial charge in [-0.05, 0) is 55.7 Å². The molecule has 1 aromatic heterocycles. The summed E-state index contributed by atoms with van der Waals surface area (Å²) in [5, 5.41) is 10.6. The van der Waals surface area contributed by atoms with Crippen molar-refractivity contribution in [3.8, 4) is 5.75 Å². The van der Waals surface area contributed by atoms with E-state index in [1.165, 1.54) is 12.1 Å². The zero-order valence-corrected chi connectivity index (χ0v) is 18.5. The molecule has 1 saturated heterocycles. The fourth-order valence-electron chi connectivity index (χ4n) is 4.95. The van der Waals surface area contributed by atoms with E-state index in [2.05, 4.69) is 4.90 Å². The molecule has 1 fully saturated rings. The minimum atomic E-state index is -0.534. The van der Waals surface area contributed by atoms with E-state index in [-0.39, 0.29) is 23.2 Å². The molecule has 7 nitrogen and oxygen atoms in total. The lowest BCUT2D eigenvalue weighted by molar-refractivity contribution is -0.123. The summed E-state index contributed by atoms with van der Waals surface area (Å²) in [5.74, 6) is -0.310. The van der Waals surface area contributed by atoms with Crippen LogP contribution in [0.3, 0.4) is 0 Å². The lowest BCUT2D eigenvalue weighted by atomic mass is 9.98. The number of carbonyl (C=O) groups excluding carboxylic acids is 1. The molecular formula is C25H26FN3O4. The van der Waals surface area contributed by atoms with Crippen LogP contribution in [0.5, 0.6) is 5.75 Å². The summed E-state index contributed by atoms with van der Waals surface area (Å²) in [6.07, 6.45) is 1.36. The van der Waals surface area contributed by atoms with E-state index in [0.717, 1.165) is 12.0 Å². The van der Waals surface area contributed by atoms with Crippen LogP contribution in [0, 0.1) is 5.82 Å². The van der Waals surface area contributed by atoms with Crippen LogP contribution in [0.4, 0.5) is 15.8 Å². The molecule has 3 heterocycles. The first-order chi connectivity index (χ1) is 15.9. The van der Waals surface area contributed by atoms with Gasteiger partial charge in [0, 0.05) is 38.1 Å². The first kappa shape index (κ1) is 21.5. The van der Waals surface area contributed by atoms with Crippen LogP contribution in [0.25, 0.3) is 11.0 Å². The Morgan fingerprint density at radius 3 is 2.61 bits per heavy atom. The molecule has 2 aliphatic rings. The SMILES string of the molecule is C[C@H](C(=O)N1CCCc2c1c(=O)oc1ccc(O)cc21)N1CCN(c2ccccc2F)CC1. The van der Waals surface area contributed by atoms with Crippen molar-refractivity contribution in [2.75, 3.05) is 42.5 Å². The van der Waals surface area contributed by atoms with E-state index < -0.39 is 11.7 Å². The van der Waals surface area contributed by atoms with Gasteiger partial charge in [-0.3, -0.25) is 9.69 Å². The van der Waals surface area contributed by atoms with Crippen molar-refractivity contribution in [1.29, 1.82) is 0 Å². The highest BCUT2D eigenvalue weighted by Gasteiger charge is 2.34. The number of carbonyl (C=O) groups is 1. The second-order valence-corrected chi connectivity index (χ2v) is 8.64. The molecule has 0 radical (unpaired) electrons. The number of para-hydroxylation sites is 1. The average Bonchev–Trinajstić information content (AvgIpc) is 2.84. The monoisotopic (exact) mass is 451 g/mol. The molecule has 2 aliphatic heterocycles. The highest BCUT2D eigenvalue weighted by Crippen LogP contribution is 2.33. The molecule has 0 spiro atoms. The van der Waals surface area contributed by atoms with Gasteiger partial charge in [0.2, 0.25) is 5.91 Å². The first-order valence-electron chi connectivity index (χ1n) is 11.3. The number of amides is 1. The van der Waals surface area contributed by atoms with Crippen LogP contribution in [0.2, 0.25) is 0 Å². The zero-order chi connectivity index (χ0) is 23.1. The van der Waals surface area contributed by atoms with Crippen molar-refractivity contribution in [1.82, 2.24) is 4.90 Å². The largest absolute Gasteiger partial charge is 0.508 e. The number of piperazine rings is 1. The first-order valence-corrected chi connectivity index (χ1v) is 11.3. The van der Waals surface area contributed by atoms with Gasteiger partial charge < -0.3 is 19.3 Å². The fraction of sp³-hybridized carbons (Fsp3) is 0.360. The molecule has 1 atom stereocenters. The Morgan fingerprint density at radius 1 is 1.09 bits per heavy atom. The molecule has 172 valence electrons. The Labute approximate surface area is 190 Å². The van der Waals surface area contributed by atoms with E-state index in [1.54, 1.807) is 29.2 Å². The second-order valence-electron chi connectivity index (χ2n) is 8.64. The van der Waals surface area contributed by atoms with Crippen LogP contribution in [-0.4, -0.2) is 54.7 Å². The summed E-state index contributed by atoms with van der Waals surface area (Å²) in [5.41, 5.74) is 1.47. The second kappa shape index (κ2) is 8.51. The number of fused-ring (bicyclic) bond motifs is 3. The highest BCUT2D eigenvalue weighted by molar-refractivity contribution is 6.00. The molecule has 5 rings (SSSR count). The van der Waals surface area contributed by atoms with Gasteiger partial charge in [0.25, 0.3) is 0 Å². The van der Waals surface area contributed by atoms with E-state index >= 15 is 0 Å². The summed E-state index contributed by atoms with van der Waals surface area (Å²) in [6, 6.07) is 10.9. The minimum absolute atomic E-state index is 0.0862. The number of nitrogens with zero attached hydrogens (tertiary/aromatic N) is 3. The number of anilines is 2. The van der Waals surface area contributed by atoms with E-state index in [4.69, 9.17) is 4.42 Å². The Morgan fingerprint density at radius 2 is 1.85 bits per heavy atom. The third-order valence-electron chi connectivity index (χ3n) is 6.73. The lowest BCUT2D eigenvalue weighted by Crippen LogP contribution is -2.56. The van der Waals surface area contributed by atoms with Gasteiger partial charge in [-0.25, -0.2) is 9.18 Å². The number of aromatic hydroxyl groups is 1. The fourth-order valence-corrected chi connectivity index (χ4v) is 4.95. The van der Waals surface area contributed by atoms with Crippen LogP contribution in [0.15, 0.2) is 51.7 Å². The number of aryl methyl sites for hydroxylation is 1.